The van der Waals surface area contributed by atoms with E-state index in [-0.39, 0.29) is 0 Å². The molecule has 0 aliphatic heterocycles. The SMILES string of the molecule is C=C(C)c1ccc(OCCCN(C)C)cc1. The molecule has 2 nitrogen and oxygen atoms in total. The molecule has 0 atom stereocenters. The first-order valence-corrected chi connectivity index (χ1v) is 5.63. The van der Waals surface area contributed by atoms with Crippen LogP contribution in [0.4, 0.5) is 0 Å². The molecule has 0 spiro atoms. The van der Waals surface area contributed by atoms with Crippen LogP contribution in [-0.2, 0) is 0 Å². The highest BCUT2D eigenvalue weighted by Gasteiger charge is 1.96. The van der Waals surface area contributed by atoms with E-state index >= 15 is 0 Å². The van der Waals surface area contributed by atoms with Gasteiger partial charge in [-0.05, 0) is 45.1 Å². The van der Waals surface area contributed by atoms with Crippen LogP contribution in [0.3, 0.4) is 0 Å². The van der Waals surface area contributed by atoms with E-state index < -0.39 is 0 Å². The topological polar surface area (TPSA) is 12.5 Å². The molecule has 2 heteroatoms. The normalized spacial score (nSPS) is 10.5. The van der Waals surface area contributed by atoms with Crippen LogP contribution >= 0.6 is 0 Å². The van der Waals surface area contributed by atoms with E-state index in [0.717, 1.165) is 30.9 Å². The molecule has 0 N–H and O–H groups in total. The van der Waals surface area contributed by atoms with Crippen molar-refractivity contribution in [2.75, 3.05) is 27.2 Å². The molecular formula is C14H21NO. The van der Waals surface area contributed by atoms with Crippen molar-refractivity contribution >= 4 is 5.57 Å². The predicted molar refractivity (Wildman–Crippen MR) is 69.8 cm³/mol. The number of hydrogen-bond donors (Lipinski definition) is 0. The molecule has 0 heterocycles. The smallest absolute Gasteiger partial charge is 0.119 e. The van der Waals surface area contributed by atoms with Crippen molar-refractivity contribution in [3.8, 4) is 5.75 Å². The van der Waals surface area contributed by atoms with Gasteiger partial charge in [0.25, 0.3) is 0 Å². The molecule has 88 valence electrons. The van der Waals surface area contributed by atoms with Crippen molar-refractivity contribution < 1.29 is 4.74 Å². The first-order valence-electron chi connectivity index (χ1n) is 5.63. The molecule has 0 saturated carbocycles. The highest BCUT2D eigenvalue weighted by atomic mass is 16.5. The Morgan fingerprint density at radius 1 is 1.25 bits per heavy atom. The van der Waals surface area contributed by atoms with Gasteiger partial charge in [0.05, 0.1) is 6.61 Å². The van der Waals surface area contributed by atoms with Gasteiger partial charge in [-0.2, -0.15) is 0 Å². The molecule has 0 saturated heterocycles. The van der Waals surface area contributed by atoms with E-state index in [4.69, 9.17) is 4.74 Å². The maximum Gasteiger partial charge on any atom is 0.119 e. The molecule has 1 aromatic carbocycles. The summed E-state index contributed by atoms with van der Waals surface area (Å²) in [6.45, 7) is 7.74. The van der Waals surface area contributed by atoms with Gasteiger partial charge in [-0.15, -0.1) is 0 Å². The molecule has 0 aliphatic carbocycles. The molecule has 0 bridgehead atoms. The molecule has 0 aromatic heterocycles. The molecule has 1 rings (SSSR count). The van der Waals surface area contributed by atoms with Gasteiger partial charge in [0.1, 0.15) is 5.75 Å². The van der Waals surface area contributed by atoms with Crippen molar-refractivity contribution in [1.82, 2.24) is 4.90 Å². The van der Waals surface area contributed by atoms with E-state index in [1.807, 2.05) is 31.2 Å². The van der Waals surface area contributed by atoms with Crippen LogP contribution in [0.5, 0.6) is 5.75 Å². The summed E-state index contributed by atoms with van der Waals surface area (Å²) >= 11 is 0. The lowest BCUT2D eigenvalue weighted by atomic mass is 10.1. The Morgan fingerprint density at radius 2 is 1.88 bits per heavy atom. The van der Waals surface area contributed by atoms with Gasteiger partial charge in [0, 0.05) is 6.54 Å². The zero-order valence-corrected chi connectivity index (χ0v) is 10.5. The summed E-state index contributed by atoms with van der Waals surface area (Å²) in [5.74, 6) is 0.934. The van der Waals surface area contributed by atoms with Crippen LogP contribution in [0.2, 0.25) is 0 Å². The van der Waals surface area contributed by atoms with Gasteiger partial charge in [0.2, 0.25) is 0 Å². The first kappa shape index (κ1) is 12.8. The largest absolute Gasteiger partial charge is 0.494 e. The molecular weight excluding hydrogens is 198 g/mol. The Kier molecular flexibility index (Phi) is 5.06. The summed E-state index contributed by atoms with van der Waals surface area (Å²) in [5.41, 5.74) is 2.25. The second kappa shape index (κ2) is 6.33. The van der Waals surface area contributed by atoms with Crippen LogP contribution < -0.4 is 4.74 Å². The molecule has 0 aliphatic rings. The first-order chi connectivity index (χ1) is 7.59. The zero-order chi connectivity index (χ0) is 12.0. The Bertz CT molecular complexity index is 327. The number of nitrogens with zero attached hydrogens (tertiary/aromatic N) is 1. The molecule has 0 radical (unpaired) electrons. The second-order valence-electron chi connectivity index (χ2n) is 4.31. The predicted octanol–water partition coefficient (Wildman–Crippen LogP) is 3.05. The average Bonchev–Trinajstić information content (AvgIpc) is 2.25. The Hall–Kier alpha value is -1.28. The summed E-state index contributed by atoms with van der Waals surface area (Å²) in [7, 11) is 4.14. The fraction of sp³-hybridized carbons (Fsp3) is 0.429. The van der Waals surface area contributed by atoms with Gasteiger partial charge in [-0.3, -0.25) is 0 Å². The maximum atomic E-state index is 5.63. The van der Waals surface area contributed by atoms with Crippen LogP contribution in [0.1, 0.15) is 18.9 Å². The van der Waals surface area contributed by atoms with Crippen molar-refractivity contribution in [3.05, 3.63) is 36.4 Å². The summed E-state index contributed by atoms with van der Waals surface area (Å²) in [4.78, 5) is 2.16. The summed E-state index contributed by atoms with van der Waals surface area (Å²) in [5, 5.41) is 0. The van der Waals surface area contributed by atoms with E-state index in [1.54, 1.807) is 0 Å². The third-order valence-corrected chi connectivity index (χ3v) is 2.37. The third kappa shape index (κ3) is 4.49. The van der Waals surface area contributed by atoms with Crippen LogP contribution in [0, 0.1) is 0 Å². The van der Waals surface area contributed by atoms with Crippen molar-refractivity contribution in [2.24, 2.45) is 0 Å². The number of rotatable bonds is 6. The molecule has 0 amide bonds. The van der Waals surface area contributed by atoms with E-state index in [2.05, 4.69) is 25.6 Å². The Morgan fingerprint density at radius 3 is 2.38 bits per heavy atom. The van der Waals surface area contributed by atoms with Crippen LogP contribution in [0.15, 0.2) is 30.8 Å². The number of ether oxygens (including phenoxy) is 1. The van der Waals surface area contributed by atoms with E-state index in [1.165, 1.54) is 5.56 Å². The molecule has 0 fully saturated rings. The van der Waals surface area contributed by atoms with Crippen molar-refractivity contribution in [2.45, 2.75) is 13.3 Å². The molecule has 0 unspecified atom stereocenters. The summed E-state index contributed by atoms with van der Waals surface area (Å²) < 4.78 is 5.63. The standard InChI is InChI=1S/C14H21NO/c1-12(2)13-6-8-14(9-7-13)16-11-5-10-15(3)4/h6-9H,1,5,10-11H2,2-4H3. The number of hydrogen-bond acceptors (Lipinski definition) is 2. The second-order valence-corrected chi connectivity index (χ2v) is 4.31. The minimum Gasteiger partial charge on any atom is -0.494 e. The Labute approximate surface area is 98.5 Å². The maximum absolute atomic E-state index is 5.63. The minimum absolute atomic E-state index is 0.768. The molecule has 1 aromatic rings. The third-order valence-electron chi connectivity index (χ3n) is 2.37. The van der Waals surface area contributed by atoms with E-state index in [9.17, 15) is 0 Å². The Balaban J connectivity index is 2.35. The summed E-state index contributed by atoms with van der Waals surface area (Å²) in [6, 6.07) is 8.09. The van der Waals surface area contributed by atoms with Crippen LogP contribution in [0.25, 0.3) is 5.57 Å². The van der Waals surface area contributed by atoms with Crippen molar-refractivity contribution in [3.63, 3.8) is 0 Å². The molecule has 16 heavy (non-hydrogen) atoms. The fourth-order valence-electron chi connectivity index (χ4n) is 1.41. The van der Waals surface area contributed by atoms with Gasteiger partial charge >= 0.3 is 0 Å². The van der Waals surface area contributed by atoms with Crippen molar-refractivity contribution in [1.29, 1.82) is 0 Å². The quantitative estimate of drug-likeness (QED) is 0.682. The minimum atomic E-state index is 0.768. The van der Waals surface area contributed by atoms with Gasteiger partial charge in [-0.25, -0.2) is 0 Å². The number of allylic oxidation sites excluding steroid dienone is 1. The summed E-state index contributed by atoms with van der Waals surface area (Å²) in [6.07, 6.45) is 1.05. The lowest BCUT2D eigenvalue weighted by molar-refractivity contribution is 0.281. The lowest BCUT2D eigenvalue weighted by Gasteiger charge is -2.10. The lowest BCUT2D eigenvalue weighted by Crippen LogP contribution is -2.15. The van der Waals surface area contributed by atoms with Crippen LogP contribution in [-0.4, -0.2) is 32.1 Å². The number of benzene rings is 1. The fourth-order valence-corrected chi connectivity index (χ4v) is 1.41. The van der Waals surface area contributed by atoms with Gasteiger partial charge < -0.3 is 9.64 Å². The van der Waals surface area contributed by atoms with Gasteiger partial charge in [-0.1, -0.05) is 24.3 Å². The highest BCUT2D eigenvalue weighted by molar-refractivity contribution is 5.61. The zero-order valence-electron chi connectivity index (χ0n) is 10.5. The monoisotopic (exact) mass is 219 g/mol. The van der Waals surface area contributed by atoms with E-state index in [0.29, 0.717) is 0 Å². The average molecular weight is 219 g/mol. The highest BCUT2D eigenvalue weighted by Crippen LogP contribution is 2.16. The van der Waals surface area contributed by atoms with Gasteiger partial charge in [0.15, 0.2) is 0 Å².